The molecule has 0 fully saturated rings. The summed E-state index contributed by atoms with van der Waals surface area (Å²) < 4.78 is 19.1. The third kappa shape index (κ3) is 4.18. The molecule has 0 radical (unpaired) electrons. The van der Waals surface area contributed by atoms with Gasteiger partial charge in [0.2, 0.25) is 0 Å². The molecular weight excluding hydrogens is 269 g/mol. The van der Waals surface area contributed by atoms with E-state index in [0.717, 1.165) is 11.3 Å². The third-order valence-corrected chi connectivity index (χ3v) is 3.00. The van der Waals surface area contributed by atoms with E-state index >= 15 is 0 Å². The molecule has 0 aliphatic carbocycles. The largest absolute Gasteiger partial charge is 0.460 e. The molecule has 0 spiro atoms. The van der Waals surface area contributed by atoms with Crippen molar-refractivity contribution in [3.05, 3.63) is 48.0 Å². The van der Waals surface area contributed by atoms with Gasteiger partial charge < -0.3 is 9.72 Å². The van der Waals surface area contributed by atoms with Gasteiger partial charge in [-0.1, -0.05) is 18.2 Å². The van der Waals surface area contributed by atoms with E-state index in [4.69, 9.17) is 4.74 Å². The summed E-state index contributed by atoms with van der Waals surface area (Å²) in [6.45, 7) is 5.51. The number of rotatable bonds is 4. The number of esters is 1. The second-order valence-electron chi connectivity index (χ2n) is 5.94. The molecule has 0 saturated heterocycles. The van der Waals surface area contributed by atoms with Crippen LogP contribution in [0.2, 0.25) is 0 Å². The summed E-state index contributed by atoms with van der Waals surface area (Å²) in [6, 6.07) is 8.44. The van der Waals surface area contributed by atoms with Crippen molar-refractivity contribution in [2.45, 2.75) is 39.2 Å². The molecule has 0 saturated carbocycles. The maximum atomic E-state index is 13.8. The number of carbonyl (C=O) groups is 1. The molecule has 1 N–H and O–H groups in total. The van der Waals surface area contributed by atoms with Gasteiger partial charge in [0.15, 0.2) is 0 Å². The SMILES string of the molecule is CC(C)(C)OC(=O)CCc1[nH]ccc1-c1ccccc1F. The zero-order valence-corrected chi connectivity index (χ0v) is 12.6. The summed E-state index contributed by atoms with van der Waals surface area (Å²) in [7, 11) is 0. The molecule has 0 aliphatic rings. The van der Waals surface area contributed by atoms with Gasteiger partial charge in [0.05, 0.1) is 6.42 Å². The van der Waals surface area contributed by atoms with E-state index in [0.29, 0.717) is 12.0 Å². The van der Waals surface area contributed by atoms with Crippen LogP contribution >= 0.6 is 0 Å². The van der Waals surface area contributed by atoms with Crippen LogP contribution in [0, 0.1) is 5.82 Å². The minimum Gasteiger partial charge on any atom is -0.460 e. The van der Waals surface area contributed by atoms with E-state index in [1.54, 1.807) is 24.4 Å². The van der Waals surface area contributed by atoms with Crippen molar-refractivity contribution in [2.24, 2.45) is 0 Å². The van der Waals surface area contributed by atoms with Crippen LogP contribution in [-0.4, -0.2) is 16.6 Å². The average molecular weight is 289 g/mol. The highest BCUT2D eigenvalue weighted by Gasteiger charge is 2.17. The highest BCUT2D eigenvalue weighted by Crippen LogP contribution is 2.26. The zero-order valence-electron chi connectivity index (χ0n) is 12.6. The maximum Gasteiger partial charge on any atom is 0.306 e. The Balaban J connectivity index is 2.08. The lowest BCUT2D eigenvalue weighted by Gasteiger charge is -2.19. The highest BCUT2D eigenvalue weighted by molar-refractivity contribution is 5.72. The molecule has 1 aromatic heterocycles. The molecule has 1 aromatic carbocycles. The fraction of sp³-hybridized carbons (Fsp3) is 0.353. The topological polar surface area (TPSA) is 42.1 Å². The average Bonchev–Trinajstić information content (AvgIpc) is 2.83. The molecule has 1 heterocycles. The monoisotopic (exact) mass is 289 g/mol. The maximum absolute atomic E-state index is 13.8. The molecule has 112 valence electrons. The first-order valence-electron chi connectivity index (χ1n) is 7.00. The first-order valence-corrected chi connectivity index (χ1v) is 7.00. The Morgan fingerprint density at radius 2 is 1.90 bits per heavy atom. The van der Waals surface area contributed by atoms with E-state index in [1.165, 1.54) is 6.07 Å². The van der Waals surface area contributed by atoms with E-state index in [9.17, 15) is 9.18 Å². The van der Waals surface area contributed by atoms with Crippen LogP contribution in [0.3, 0.4) is 0 Å². The van der Waals surface area contributed by atoms with Gasteiger partial charge in [-0.3, -0.25) is 4.79 Å². The molecule has 0 bridgehead atoms. The number of carbonyl (C=O) groups excluding carboxylic acids is 1. The number of halogens is 1. The minimum atomic E-state index is -0.485. The van der Waals surface area contributed by atoms with E-state index in [1.807, 2.05) is 26.8 Å². The normalized spacial score (nSPS) is 11.4. The summed E-state index contributed by atoms with van der Waals surface area (Å²) in [5, 5.41) is 0. The molecule has 2 rings (SSSR count). The Kier molecular flexibility index (Phi) is 4.46. The Bertz CT molecular complexity index is 626. The highest BCUT2D eigenvalue weighted by atomic mass is 19.1. The van der Waals surface area contributed by atoms with E-state index in [2.05, 4.69) is 4.98 Å². The summed E-state index contributed by atoms with van der Waals surface area (Å²) in [5.74, 6) is -0.521. The Hall–Kier alpha value is -2.10. The van der Waals surface area contributed by atoms with Crippen molar-refractivity contribution in [1.82, 2.24) is 4.98 Å². The molecule has 0 amide bonds. The van der Waals surface area contributed by atoms with E-state index in [-0.39, 0.29) is 18.2 Å². The number of nitrogens with one attached hydrogen (secondary N) is 1. The summed E-state index contributed by atoms with van der Waals surface area (Å²) in [6.07, 6.45) is 2.51. The standard InChI is InChI=1S/C17H20FNO2/c1-17(2,3)21-16(20)9-8-15-13(10-11-19-15)12-6-4-5-7-14(12)18/h4-7,10-11,19H,8-9H2,1-3H3. The zero-order chi connectivity index (χ0) is 15.5. The first kappa shape index (κ1) is 15.3. The Morgan fingerprint density at radius 1 is 1.19 bits per heavy atom. The van der Waals surface area contributed by atoms with Crippen LogP contribution in [0.4, 0.5) is 4.39 Å². The van der Waals surface area contributed by atoms with Gasteiger partial charge in [-0.25, -0.2) is 4.39 Å². The van der Waals surface area contributed by atoms with Gasteiger partial charge in [0, 0.05) is 23.0 Å². The molecule has 2 aromatic rings. The lowest BCUT2D eigenvalue weighted by atomic mass is 10.0. The smallest absolute Gasteiger partial charge is 0.306 e. The summed E-state index contributed by atoms with van der Waals surface area (Å²) >= 11 is 0. The fourth-order valence-corrected chi connectivity index (χ4v) is 2.16. The number of hydrogen-bond donors (Lipinski definition) is 1. The van der Waals surface area contributed by atoms with Crippen LogP contribution in [0.25, 0.3) is 11.1 Å². The molecule has 0 atom stereocenters. The number of hydrogen-bond acceptors (Lipinski definition) is 2. The summed E-state index contributed by atoms with van der Waals surface area (Å²) in [4.78, 5) is 14.8. The van der Waals surface area contributed by atoms with Crippen LogP contribution in [0.1, 0.15) is 32.9 Å². The molecular formula is C17H20FNO2. The number of ether oxygens (including phenoxy) is 1. The number of benzene rings is 1. The molecule has 0 aliphatic heterocycles. The van der Waals surface area contributed by atoms with Gasteiger partial charge >= 0.3 is 5.97 Å². The number of H-pyrrole nitrogens is 1. The first-order chi connectivity index (χ1) is 9.87. The lowest BCUT2D eigenvalue weighted by molar-refractivity contribution is -0.154. The second-order valence-corrected chi connectivity index (χ2v) is 5.94. The van der Waals surface area contributed by atoms with Crippen molar-refractivity contribution >= 4 is 5.97 Å². The number of aryl methyl sites for hydroxylation is 1. The van der Waals surface area contributed by atoms with Crippen LogP contribution in [0.15, 0.2) is 36.5 Å². The van der Waals surface area contributed by atoms with Gasteiger partial charge in [0.25, 0.3) is 0 Å². The Labute approximate surface area is 124 Å². The molecule has 3 nitrogen and oxygen atoms in total. The van der Waals surface area contributed by atoms with Crippen LogP contribution in [0.5, 0.6) is 0 Å². The van der Waals surface area contributed by atoms with Crippen molar-refractivity contribution in [2.75, 3.05) is 0 Å². The summed E-state index contributed by atoms with van der Waals surface area (Å²) in [5.41, 5.74) is 1.68. The lowest BCUT2D eigenvalue weighted by Crippen LogP contribution is -2.24. The van der Waals surface area contributed by atoms with Gasteiger partial charge in [-0.2, -0.15) is 0 Å². The molecule has 21 heavy (non-hydrogen) atoms. The van der Waals surface area contributed by atoms with Gasteiger partial charge in [0.1, 0.15) is 11.4 Å². The second kappa shape index (κ2) is 6.12. The quantitative estimate of drug-likeness (QED) is 0.861. The van der Waals surface area contributed by atoms with Crippen molar-refractivity contribution in [1.29, 1.82) is 0 Å². The predicted molar refractivity (Wildman–Crippen MR) is 80.4 cm³/mol. The third-order valence-electron chi connectivity index (χ3n) is 3.00. The van der Waals surface area contributed by atoms with E-state index < -0.39 is 5.60 Å². The number of aromatic amines is 1. The van der Waals surface area contributed by atoms with Crippen LogP contribution < -0.4 is 0 Å². The fourth-order valence-electron chi connectivity index (χ4n) is 2.16. The number of aromatic nitrogens is 1. The van der Waals surface area contributed by atoms with Crippen molar-refractivity contribution < 1.29 is 13.9 Å². The Morgan fingerprint density at radius 3 is 2.57 bits per heavy atom. The molecule has 4 heteroatoms. The molecule has 0 unspecified atom stereocenters. The predicted octanol–water partition coefficient (Wildman–Crippen LogP) is 4.10. The van der Waals surface area contributed by atoms with Gasteiger partial charge in [-0.15, -0.1) is 0 Å². The van der Waals surface area contributed by atoms with Crippen molar-refractivity contribution in [3.63, 3.8) is 0 Å². The minimum absolute atomic E-state index is 0.253. The van der Waals surface area contributed by atoms with Gasteiger partial charge in [-0.05, 0) is 39.3 Å². The van der Waals surface area contributed by atoms with Crippen LogP contribution in [-0.2, 0) is 16.0 Å². The van der Waals surface area contributed by atoms with Crippen molar-refractivity contribution in [3.8, 4) is 11.1 Å².